The lowest BCUT2D eigenvalue weighted by atomic mass is 10.0. The van der Waals surface area contributed by atoms with Gasteiger partial charge >= 0.3 is 0 Å². The van der Waals surface area contributed by atoms with Gasteiger partial charge in [0.15, 0.2) is 5.03 Å². The summed E-state index contributed by atoms with van der Waals surface area (Å²) in [7, 11) is -3.93. The van der Waals surface area contributed by atoms with Crippen LogP contribution in [0.15, 0.2) is 75.4 Å². The first kappa shape index (κ1) is 24.4. The molecule has 33 heavy (non-hydrogen) atoms. The molecule has 1 heterocycles. The van der Waals surface area contributed by atoms with E-state index < -0.39 is 27.8 Å². The molecule has 7 nitrogen and oxygen atoms in total. The number of aromatic nitrogens is 2. The van der Waals surface area contributed by atoms with Crippen LogP contribution in [-0.4, -0.2) is 24.1 Å². The second-order valence-electron chi connectivity index (χ2n) is 8.24. The highest BCUT2D eigenvalue weighted by Crippen LogP contribution is 2.21. The van der Waals surface area contributed by atoms with E-state index in [1.165, 1.54) is 17.7 Å². The zero-order valence-corrected chi connectivity index (χ0v) is 19.9. The summed E-state index contributed by atoms with van der Waals surface area (Å²) in [4.78, 5) is 24.8. The summed E-state index contributed by atoms with van der Waals surface area (Å²) in [6.07, 6.45) is 3.19. The minimum absolute atomic E-state index is 0.0808. The molecular weight excluding hydrogens is 438 g/mol. The normalized spacial score (nSPS) is 11.5. The number of amides is 1. The molecule has 0 saturated carbocycles. The van der Waals surface area contributed by atoms with Gasteiger partial charge in [-0.05, 0) is 60.2 Å². The van der Waals surface area contributed by atoms with Gasteiger partial charge in [-0.15, -0.1) is 0 Å². The molecule has 8 heteroatoms. The molecule has 0 radical (unpaired) electrons. The Kier molecular flexibility index (Phi) is 7.81. The first-order chi connectivity index (χ1) is 15.7. The summed E-state index contributed by atoms with van der Waals surface area (Å²) in [5, 5.41) is 6.40. The number of unbranched alkanes of at least 4 members (excludes halogenated alkanes) is 1. The van der Waals surface area contributed by atoms with Crippen LogP contribution in [0.1, 0.15) is 50.7 Å². The van der Waals surface area contributed by atoms with Crippen molar-refractivity contribution in [2.75, 3.05) is 5.32 Å². The van der Waals surface area contributed by atoms with E-state index in [0.29, 0.717) is 5.69 Å². The van der Waals surface area contributed by atoms with Crippen molar-refractivity contribution in [3.63, 3.8) is 0 Å². The number of carbonyl (C=O) groups excluding carboxylic acids is 1. The van der Waals surface area contributed by atoms with E-state index in [0.717, 1.165) is 41.6 Å². The molecule has 0 bridgehead atoms. The Morgan fingerprint density at radius 1 is 1.00 bits per heavy atom. The first-order valence-electron chi connectivity index (χ1n) is 11.0. The Bertz CT molecular complexity index is 1260. The Hall–Kier alpha value is -3.26. The smallest absolute Gasteiger partial charge is 0.267 e. The van der Waals surface area contributed by atoms with Crippen molar-refractivity contribution in [2.45, 2.75) is 62.4 Å². The van der Waals surface area contributed by atoms with Crippen LogP contribution in [0.5, 0.6) is 0 Å². The number of anilines is 1. The van der Waals surface area contributed by atoms with Crippen molar-refractivity contribution >= 4 is 21.4 Å². The average Bonchev–Trinajstić information content (AvgIpc) is 2.80. The van der Waals surface area contributed by atoms with Gasteiger partial charge in [0.05, 0.1) is 4.90 Å². The summed E-state index contributed by atoms with van der Waals surface area (Å²) < 4.78 is 26.8. The standard InChI is InChI=1S/C25H29N3O4S/c1-4-5-6-19-7-11-21(12-8-19)26-23(29)17-28-25(30)16-15-24(27-28)33(31,32)22-13-9-20(10-14-22)18(2)3/h7-16,18H,4-6,17H2,1-3H3,(H,26,29). The number of carbonyl (C=O) groups is 1. The first-order valence-corrected chi connectivity index (χ1v) is 12.5. The molecule has 3 aromatic rings. The van der Waals surface area contributed by atoms with Crippen LogP contribution in [0.3, 0.4) is 0 Å². The molecule has 0 spiro atoms. The number of nitrogens with zero attached hydrogens (tertiary/aromatic N) is 2. The molecule has 1 N–H and O–H groups in total. The SMILES string of the molecule is CCCCc1ccc(NC(=O)Cn2nc(S(=O)(=O)c3ccc(C(C)C)cc3)ccc2=O)cc1. The number of sulfone groups is 1. The summed E-state index contributed by atoms with van der Waals surface area (Å²) in [5.74, 6) is -0.199. The number of hydrogen-bond donors (Lipinski definition) is 1. The van der Waals surface area contributed by atoms with Gasteiger partial charge in [0, 0.05) is 11.8 Å². The Balaban J connectivity index is 1.75. The third-order valence-electron chi connectivity index (χ3n) is 5.32. The maximum atomic E-state index is 13.0. The second-order valence-corrected chi connectivity index (χ2v) is 10.1. The minimum atomic E-state index is -3.93. The van der Waals surface area contributed by atoms with Crippen LogP contribution in [0.25, 0.3) is 0 Å². The average molecular weight is 468 g/mol. The molecule has 1 aromatic heterocycles. The summed E-state index contributed by atoms with van der Waals surface area (Å²) in [6, 6.07) is 16.4. The Morgan fingerprint density at radius 2 is 1.67 bits per heavy atom. The van der Waals surface area contributed by atoms with Crippen molar-refractivity contribution in [2.24, 2.45) is 0 Å². The number of nitrogens with one attached hydrogen (secondary N) is 1. The topological polar surface area (TPSA) is 98.1 Å². The molecule has 0 atom stereocenters. The molecule has 174 valence electrons. The van der Waals surface area contributed by atoms with Crippen molar-refractivity contribution in [3.05, 3.63) is 82.1 Å². The number of rotatable bonds is 9. The maximum Gasteiger partial charge on any atom is 0.267 e. The highest BCUT2D eigenvalue weighted by molar-refractivity contribution is 7.91. The second kappa shape index (κ2) is 10.6. The molecule has 0 aliphatic carbocycles. The fourth-order valence-electron chi connectivity index (χ4n) is 3.31. The van der Waals surface area contributed by atoms with Crippen LogP contribution >= 0.6 is 0 Å². The molecule has 0 unspecified atom stereocenters. The highest BCUT2D eigenvalue weighted by atomic mass is 32.2. The fourth-order valence-corrected chi connectivity index (χ4v) is 4.50. The predicted octanol–water partition coefficient (Wildman–Crippen LogP) is 4.18. The number of benzene rings is 2. The van der Waals surface area contributed by atoms with Crippen molar-refractivity contribution in [3.8, 4) is 0 Å². The van der Waals surface area contributed by atoms with Gasteiger partial charge in [-0.25, -0.2) is 13.1 Å². The van der Waals surface area contributed by atoms with Gasteiger partial charge in [0.2, 0.25) is 15.7 Å². The molecule has 3 rings (SSSR count). The third kappa shape index (κ3) is 6.16. The van der Waals surface area contributed by atoms with Crippen LogP contribution in [0, 0.1) is 0 Å². The number of hydrogen-bond acceptors (Lipinski definition) is 5. The van der Waals surface area contributed by atoms with Crippen LogP contribution in [0.2, 0.25) is 0 Å². The summed E-state index contributed by atoms with van der Waals surface area (Å²) >= 11 is 0. The van der Waals surface area contributed by atoms with Crippen molar-refractivity contribution in [1.82, 2.24) is 9.78 Å². The van der Waals surface area contributed by atoms with Gasteiger partial charge in [0.1, 0.15) is 6.54 Å². The fraction of sp³-hybridized carbons (Fsp3) is 0.320. The van der Waals surface area contributed by atoms with Gasteiger partial charge in [-0.3, -0.25) is 9.59 Å². The Morgan fingerprint density at radius 3 is 2.27 bits per heavy atom. The zero-order chi connectivity index (χ0) is 24.0. The minimum Gasteiger partial charge on any atom is -0.324 e. The van der Waals surface area contributed by atoms with Crippen LogP contribution in [0.4, 0.5) is 5.69 Å². The van der Waals surface area contributed by atoms with Crippen molar-refractivity contribution < 1.29 is 13.2 Å². The van der Waals surface area contributed by atoms with Gasteiger partial charge in [-0.2, -0.15) is 5.10 Å². The predicted molar refractivity (Wildman–Crippen MR) is 128 cm³/mol. The van der Waals surface area contributed by atoms with Gasteiger partial charge in [-0.1, -0.05) is 51.5 Å². The van der Waals surface area contributed by atoms with Crippen LogP contribution < -0.4 is 10.9 Å². The largest absolute Gasteiger partial charge is 0.324 e. The van der Waals surface area contributed by atoms with E-state index in [4.69, 9.17) is 0 Å². The van der Waals surface area contributed by atoms with E-state index in [-0.39, 0.29) is 15.8 Å². The summed E-state index contributed by atoms with van der Waals surface area (Å²) in [5.41, 5.74) is 2.24. The van der Waals surface area contributed by atoms with Gasteiger partial charge in [0.25, 0.3) is 5.56 Å². The lowest BCUT2D eigenvalue weighted by molar-refractivity contribution is -0.117. The van der Waals surface area contributed by atoms with E-state index >= 15 is 0 Å². The van der Waals surface area contributed by atoms with E-state index in [9.17, 15) is 18.0 Å². The molecule has 0 aliphatic heterocycles. The lowest BCUT2D eigenvalue weighted by Crippen LogP contribution is -2.30. The molecule has 0 aliphatic rings. The highest BCUT2D eigenvalue weighted by Gasteiger charge is 2.21. The monoisotopic (exact) mass is 467 g/mol. The molecular formula is C25H29N3O4S. The van der Waals surface area contributed by atoms with E-state index in [1.807, 2.05) is 26.0 Å². The van der Waals surface area contributed by atoms with E-state index in [1.54, 1.807) is 24.3 Å². The van der Waals surface area contributed by atoms with Crippen molar-refractivity contribution in [1.29, 1.82) is 0 Å². The summed E-state index contributed by atoms with van der Waals surface area (Å²) in [6.45, 7) is 5.78. The van der Waals surface area contributed by atoms with Gasteiger partial charge < -0.3 is 5.32 Å². The lowest BCUT2D eigenvalue weighted by Gasteiger charge is -2.10. The van der Waals surface area contributed by atoms with E-state index in [2.05, 4.69) is 17.3 Å². The Labute approximate surface area is 194 Å². The maximum absolute atomic E-state index is 13.0. The molecule has 0 fully saturated rings. The molecule has 2 aromatic carbocycles. The zero-order valence-electron chi connectivity index (χ0n) is 19.1. The van der Waals surface area contributed by atoms with Crippen LogP contribution in [-0.2, 0) is 27.6 Å². The third-order valence-corrected chi connectivity index (χ3v) is 6.99. The number of aryl methyl sites for hydroxylation is 1. The molecule has 0 saturated heterocycles. The quantitative estimate of drug-likeness (QED) is 0.509. The molecule has 1 amide bonds.